The first-order chi connectivity index (χ1) is 14.0. The van der Waals surface area contributed by atoms with Crippen molar-refractivity contribution in [3.8, 4) is 22.8 Å². The zero-order valence-electron chi connectivity index (χ0n) is 15.6. The number of benzene rings is 2. The van der Waals surface area contributed by atoms with Crippen LogP contribution in [-0.4, -0.2) is 41.5 Å². The first kappa shape index (κ1) is 19.5. The van der Waals surface area contributed by atoms with E-state index in [1.807, 2.05) is 0 Å². The third-order valence-corrected chi connectivity index (χ3v) is 4.06. The predicted octanol–water partition coefficient (Wildman–Crippen LogP) is 2.77. The molecule has 2 N–H and O–H groups in total. The van der Waals surface area contributed by atoms with Gasteiger partial charge in [0.25, 0.3) is 11.6 Å². The van der Waals surface area contributed by atoms with E-state index in [1.165, 1.54) is 43.8 Å². The number of nitrogens with zero attached hydrogens (tertiary/aromatic N) is 3. The summed E-state index contributed by atoms with van der Waals surface area (Å²) in [5, 5.41) is 21.8. The molecule has 0 fully saturated rings. The maximum Gasteiger partial charge on any atom is 0.282 e. The van der Waals surface area contributed by atoms with Crippen LogP contribution in [0.15, 0.2) is 53.8 Å². The summed E-state index contributed by atoms with van der Waals surface area (Å²) in [5.41, 5.74) is 3.83. The number of carbonyl (C=O) groups excluding carboxylic acids is 1. The fourth-order valence-electron chi connectivity index (χ4n) is 2.66. The highest BCUT2D eigenvalue weighted by atomic mass is 16.6. The minimum Gasteiger partial charge on any atom is -0.497 e. The van der Waals surface area contributed by atoms with E-state index in [0.717, 1.165) is 5.56 Å². The molecule has 0 saturated carbocycles. The quantitative estimate of drug-likeness (QED) is 0.359. The lowest BCUT2D eigenvalue weighted by Crippen LogP contribution is -2.18. The van der Waals surface area contributed by atoms with Gasteiger partial charge >= 0.3 is 0 Å². The smallest absolute Gasteiger partial charge is 0.282 e. The second-order valence-electron chi connectivity index (χ2n) is 5.74. The van der Waals surface area contributed by atoms with Crippen molar-refractivity contribution < 1.29 is 19.2 Å². The van der Waals surface area contributed by atoms with E-state index in [9.17, 15) is 14.9 Å². The van der Waals surface area contributed by atoms with E-state index < -0.39 is 10.8 Å². The van der Waals surface area contributed by atoms with E-state index >= 15 is 0 Å². The predicted molar refractivity (Wildman–Crippen MR) is 105 cm³/mol. The van der Waals surface area contributed by atoms with Crippen molar-refractivity contribution in [1.29, 1.82) is 0 Å². The highest BCUT2D eigenvalue weighted by Gasteiger charge is 2.19. The number of aromatic amines is 1. The molecular formula is C19H17N5O5. The second kappa shape index (κ2) is 8.65. The van der Waals surface area contributed by atoms with Crippen molar-refractivity contribution in [3.05, 3.63) is 69.9 Å². The Balaban J connectivity index is 1.82. The van der Waals surface area contributed by atoms with Crippen LogP contribution in [-0.2, 0) is 0 Å². The first-order valence-electron chi connectivity index (χ1n) is 8.37. The molecule has 0 unspecified atom stereocenters. The summed E-state index contributed by atoms with van der Waals surface area (Å²) in [4.78, 5) is 22.7. The SMILES string of the molecule is COc1ccc(-c2[nH]ncc2/C=N\NC(=O)c2ccccc2[N+](=O)[O-])c(OC)c1. The van der Waals surface area contributed by atoms with Crippen LogP contribution >= 0.6 is 0 Å². The van der Waals surface area contributed by atoms with E-state index in [0.29, 0.717) is 22.8 Å². The number of hydrogen-bond acceptors (Lipinski definition) is 7. The fraction of sp³-hybridized carbons (Fsp3) is 0.105. The Morgan fingerprint density at radius 3 is 2.76 bits per heavy atom. The molecule has 10 heteroatoms. The van der Waals surface area contributed by atoms with Crippen molar-refractivity contribution in [1.82, 2.24) is 15.6 Å². The zero-order valence-corrected chi connectivity index (χ0v) is 15.6. The molecule has 10 nitrogen and oxygen atoms in total. The molecule has 148 valence electrons. The number of para-hydroxylation sites is 1. The second-order valence-corrected chi connectivity index (χ2v) is 5.74. The van der Waals surface area contributed by atoms with Gasteiger partial charge in [0.1, 0.15) is 17.1 Å². The summed E-state index contributed by atoms with van der Waals surface area (Å²) in [5.74, 6) is 0.505. The minimum atomic E-state index is -0.694. The number of hydrogen-bond donors (Lipinski definition) is 2. The molecule has 29 heavy (non-hydrogen) atoms. The molecule has 0 radical (unpaired) electrons. The normalized spacial score (nSPS) is 10.7. The Bertz CT molecular complexity index is 1080. The van der Waals surface area contributed by atoms with E-state index in [4.69, 9.17) is 9.47 Å². The number of hydrazone groups is 1. The minimum absolute atomic E-state index is 0.0844. The molecule has 0 bridgehead atoms. The van der Waals surface area contributed by atoms with E-state index in [-0.39, 0.29) is 11.3 Å². The van der Waals surface area contributed by atoms with Gasteiger partial charge in [0.2, 0.25) is 0 Å². The van der Waals surface area contributed by atoms with Gasteiger partial charge in [0.05, 0.1) is 37.2 Å². The Morgan fingerprint density at radius 2 is 2.03 bits per heavy atom. The van der Waals surface area contributed by atoms with Crippen molar-refractivity contribution in [3.63, 3.8) is 0 Å². The van der Waals surface area contributed by atoms with Gasteiger partial charge < -0.3 is 9.47 Å². The maximum absolute atomic E-state index is 12.2. The van der Waals surface area contributed by atoms with Crippen LogP contribution in [0, 0.1) is 10.1 Å². The highest BCUT2D eigenvalue weighted by Crippen LogP contribution is 2.33. The van der Waals surface area contributed by atoms with E-state index in [2.05, 4.69) is 20.7 Å². The standard InChI is InChI=1S/C19H17N5O5/c1-28-13-7-8-15(17(9-13)29-2)18-12(10-20-22-18)11-21-23-19(25)14-5-3-4-6-16(14)24(26)27/h3-11H,1-2H3,(H,20,22)(H,23,25)/b21-11-. The monoisotopic (exact) mass is 395 g/mol. The number of nitrogens with one attached hydrogen (secondary N) is 2. The molecule has 3 rings (SSSR count). The number of nitro benzene ring substituents is 1. The highest BCUT2D eigenvalue weighted by molar-refractivity contribution is 5.99. The summed E-state index contributed by atoms with van der Waals surface area (Å²) < 4.78 is 10.6. The van der Waals surface area contributed by atoms with Crippen molar-refractivity contribution in [2.75, 3.05) is 14.2 Å². The van der Waals surface area contributed by atoms with Crippen LogP contribution < -0.4 is 14.9 Å². The van der Waals surface area contributed by atoms with E-state index in [1.54, 1.807) is 25.3 Å². The molecule has 1 heterocycles. The zero-order chi connectivity index (χ0) is 20.8. The third kappa shape index (κ3) is 4.21. The lowest BCUT2D eigenvalue weighted by atomic mass is 10.1. The summed E-state index contributed by atoms with van der Waals surface area (Å²) in [6.45, 7) is 0. The maximum atomic E-state index is 12.2. The van der Waals surface area contributed by atoms with Gasteiger partial charge in [-0.25, -0.2) is 5.43 Å². The fourth-order valence-corrected chi connectivity index (χ4v) is 2.66. The molecule has 0 aliphatic heterocycles. The Labute approximate surface area is 165 Å². The lowest BCUT2D eigenvalue weighted by molar-refractivity contribution is -0.385. The number of amides is 1. The molecular weight excluding hydrogens is 378 g/mol. The molecule has 0 aliphatic rings. The summed E-state index contributed by atoms with van der Waals surface area (Å²) in [6, 6.07) is 10.9. The number of ether oxygens (including phenoxy) is 2. The van der Waals surface area contributed by atoms with Gasteiger partial charge in [-0.2, -0.15) is 10.2 Å². The molecule has 0 atom stereocenters. The molecule has 3 aromatic rings. The molecule has 1 amide bonds. The van der Waals surface area contributed by atoms with Gasteiger partial charge in [-0.05, 0) is 18.2 Å². The van der Waals surface area contributed by atoms with Crippen LogP contribution in [0.4, 0.5) is 5.69 Å². The van der Waals surface area contributed by atoms with Crippen LogP contribution in [0.25, 0.3) is 11.3 Å². The topological polar surface area (TPSA) is 132 Å². The van der Waals surface area contributed by atoms with Gasteiger partial charge in [0, 0.05) is 23.3 Å². The number of carbonyl (C=O) groups is 1. The summed E-state index contributed by atoms with van der Waals surface area (Å²) in [7, 11) is 3.10. The van der Waals surface area contributed by atoms with Crippen LogP contribution in [0.1, 0.15) is 15.9 Å². The van der Waals surface area contributed by atoms with Crippen LogP contribution in [0.5, 0.6) is 11.5 Å². The van der Waals surface area contributed by atoms with Crippen LogP contribution in [0.2, 0.25) is 0 Å². The number of methoxy groups -OCH3 is 2. The third-order valence-electron chi connectivity index (χ3n) is 4.06. The Hall–Kier alpha value is -4.21. The van der Waals surface area contributed by atoms with Crippen LogP contribution in [0.3, 0.4) is 0 Å². The van der Waals surface area contributed by atoms with Crippen molar-refractivity contribution in [2.24, 2.45) is 5.10 Å². The number of H-pyrrole nitrogens is 1. The number of aromatic nitrogens is 2. The van der Waals surface area contributed by atoms with Gasteiger partial charge in [-0.1, -0.05) is 12.1 Å². The largest absolute Gasteiger partial charge is 0.497 e. The van der Waals surface area contributed by atoms with Gasteiger partial charge in [-0.3, -0.25) is 20.0 Å². The molecule has 1 aromatic heterocycles. The molecule has 0 spiro atoms. The average Bonchev–Trinajstić information content (AvgIpc) is 3.21. The number of rotatable bonds is 7. The van der Waals surface area contributed by atoms with Gasteiger partial charge in [0.15, 0.2) is 0 Å². The van der Waals surface area contributed by atoms with Gasteiger partial charge in [-0.15, -0.1) is 0 Å². The molecule has 2 aromatic carbocycles. The summed E-state index contributed by atoms with van der Waals surface area (Å²) in [6.07, 6.45) is 2.91. The summed E-state index contributed by atoms with van der Waals surface area (Å²) >= 11 is 0. The molecule has 0 aliphatic carbocycles. The lowest BCUT2D eigenvalue weighted by Gasteiger charge is -2.09. The Kier molecular flexibility index (Phi) is 5.83. The Morgan fingerprint density at radius 1 is 1.24 bits per heavy atom. The number of nitro groups is 1. The van der Waals surface area contributed by atoms with Crippen molar-refractivity contribution in [2.45, 2.75) is 0 Å². The van der Waals surface area contributed by atoms with Crippen molar-refractivity contribution >= 4 is 17.8 Å². The average molecular weight is 395 g/mol. The molecule has 0 saturated heterocycles. The first-order valence-corrected chi connectivity index (χ1v) is 8.37.